The molecular weight excluding hydrogens is 382 g/mol. The van der Waals surface area contributed by atoms with Gasteiger partial charge in [-0.05, 0) is 77.1 Å². The van der Waals surface area contributed by atoms with Crippen LogP contribution in [-0.2, 0) is 24.2 Å². The summed E-state index contributed by atoms with van der Waals surface area (Å²) in [5.41, 5.74) is 6.75. The van der Waals surface area contributed by atoms with Gasteiger partial charge in [-0.25, -0.2) is 4.79 Å². The van der Waals surface area contributed by atoms with Gasteiger partial charge in [0, 0.05) is 6.04 Å². The number of benzene rings is 3. The second-order valence-electron chi connectivity index (χ2n) is 9.11. The number of amides is 1. The Morgan fingerprint density at radius 1 is 0.935 bits per heavy atom. The van der Waals surface area contributed by atoms with Gasteiger partial charge in [-0.2, -0.15) is 0 Å². The van der Waals surface area contributed by atoms with Crippen LogP contribution in [0, 0.1) is 0 Å². The number of aryl methyl sites for hydroxylation is 2. The molecule has 156 valence electrons. The largest absolute Gasteiger partial charge is 0.445 e. The molecule has 3 aromatic carbocycles. The average molecular weight is 410 g/mol. The summed E-state index contributed by atoms with van der Waals surface area (Å²) in [5, 5.41) is 2.85. The average Bonchev–Trinajstić information content (AvgIpc) is 3.22. The number of rotatable bonds is 3. The van der Waals surface area contributed by atoms with E-state index in [1.807, 2.05) is 35.2 Å². The molecule has 3 aromatic rings. The molecule has 2 bridgehead atoms. The van der Waals surface area contributed by atoms with Crippen molar-refractivity contribution in [2.24, 2.45) is 0 Å². The van der Waals surface area contributed by atoms with Crippen molar-refractivity contribution in [3.8, 4) is 0 Å². The summed E-state index contributed by atoms with van der Waals surface area (Å²) in [4.78, 5) is 15.0. The van der Waals surface area contributed by atoms with Crippen molar-refractivity contribution < 1.29 is 9.53 Å². The second kappa shape index (κ2) is 7.56. The van der Waals surface area contributed by atoms with Gasteiger partial charge in [0.1, 0.15) is 6.61 Å². The van der Waals surface area contributed by atoms with Gasteiger partial charge in [-0.1, -0.05) is 66.7 Å². The highest BCUT2D eigenvalue weighted by Gasteiger charge is 2.38. The van der Waals surface area contributed by atoms with Crippen LogP contribution in [0.2, 0.25) is 0 Å². The van der Waals surface area contributed by atoms with E-state index in [4.69, 9.17) is 4.74 Å². The summed E-state index contributed by atoms with van der Waals surface area (Å²) < 4.78 is 5.71. The highest BCUT2D eigenvalue weighted by molar-refractivity contribution is 5.99. The molecule has 1 fully saturated rings. The van der Waals surface area contributed by atoms with E-state index in [0.29, 0.717) is 6.61 Å². The van der Waals surface area contributed by atoms with Crippen LogP contribution in [0.4, 0.5) is 4.79 Å². The van der Waals surface area contributed by atoms with Crippen LogP contribution >= 0.6 is 0 Å². The van der Waals surface area contributed by atoms with E-state index < -0.39 is 0 Å². The zero-order valence-electron chi connectivity index (χ0n) is 17.7. The van der Waals surface area contributed by atoms with Crippen molar-refractivity contribution in [3.05, 3.63) is 89.0 Å². The van der Waals surface area contributed by atoms with E-state index in [2.05, 4.69) is 36.4 Å². The predicted octanol–water partition coefficient (Wildman–Crippen LogP) is 6.29. The van der Waals surface area contributed by atoms with Crippen LogP contribution in [-0.4, -0.2) is 23.1 Å². The fraction of sp³-hybridized carbons (Fsp3) is 0.321. The number of nitrogens with zero attached hydrogens (tertiary/aromatic N) is 1. The molecular formula is C28H27NO2. The van der Waals surface area contributed by atoms with Crippen molar-refractivity contribution in [2.45, 2.75) is 57.2 Å². The molecule has 0 saturated carbocycles. The normalized spacial score (nSPS) is 21.8. The molecule has 2 aliphatic heterocycles. The molecule has 31 heavy (non-hydrogen) atoms. The van der Waals surface area contributed by atoms with Gasteiger partial charge in [0.05, 0.1) is 6.04 Å². The van der Waals surface area contributed by atoms with Gasteiger partial charge >= 0.3 is 6.09 Å². The second-order valence-corrected chi connectivity index (χ2v) is 9.11. The lowest BCUT2D eigenvalue weighted by molar-refractivity contribution is 0.0510. The zero-order chi connectivity index (χ0) is 20.8. The van der Waals surface area contributed by atoms with E-state index in [-0.39, 0.29) is 18.2 Å². The number of piperidine rings is 1. The Hall–Kier alpha value is -3.07. The topological polar surface area (TPSA) is 29.5 Å². The van der Waals surface area contributed by atoms with Crippen LogP contribution in [0.1, 0.15) is 47.9 Å². The highest BCUT2D eigenvalue weighted by atomic mass is 16.6. The number of hydrogen-bond donors (Lipinski definition) is 0. The lowest BCUT2D eigenvalue weighted by atomic mass is 9.81. The number of carbonyl (C=O) groups is 1. The Kier molecular flexibility index (Phi) is 4.56. The monoisotopic (exact) mass is 409 g/mol. The molecule has 6 rings (SSSR count). The van der Waals surface area contributed by atoms with Crippen LogP contribution in [0.5, 0.6) is 0 Å². The first-order valence-corrected chi connectivity index (χ1v) is 11.5. The van der Waals surface area contributed by atoms with Crippen molar-refractivity contribution >= 4 is 22.4 Å². The van der Waals surface area contributed by atoms with Gasteiger partial charge in [-0.15, -0.1) is 0 Å². The summed E-state index contributed by atoms with van der Waals surface area (Å²) >= 11 is 0. The minimum Gasteiger partial charge on any atom is -0.445 e. The van der Waals surface area contributed by atoms with Gasteiger partial charge in [0.15, 0.2) is 0 Å². The summed E-state index contributed by atoms with van der Waals surface area (Å²) in [5.74, 6) is 0. The molecule has 2 heterocycles. The maximum Gasteiger partial charge on any atom is 0.410 e. The molecule has 3 nitrogen and oxygen atoms in total. The first-order valence-electron chi connectivity index (χ1n) is 11.5. The summed E-state index contributed by atoms with van der Waals surface area (Å²) in [6, 6.07) is 21.7. The Morgan fingerprint density at radius 3 is 2.61 bits per heavy atom. The van der Waals surface area contributed by atoms with Crippen molar-refractivity contribution in [1.82, 2.24) is 4.90 Å². The molecule has 3 heteroatoms. The van der Waals surface area contributed by atoms with Crippen LogP contribution < -0.4 is 0 Å². The summed E-state index contributed by atoms with van der Waals surface area (Å²) in [6.07, 6.45) is 8.63. The maximum atomic E-state index is 13.0. The molecule has 3 aliphatic rings. The third kappa shape index (κ3) is 3.23. The summed E-state index contributed by atoms with van der Waals surface area (Å²) in [7, 11) is 0. The molecule has 0 N–H and O–H groups in total. The van der Waals surface area contributed by atoms with E-state index in [1.165, 1.54) is 39.5 Å². The number of hydrogen-bond acceptors (Lipinski definition) is 2. The van der Waals surface area contributed by atoms with E-state index in [0.717, 1.165) is 37.7 Å². The quantitative estimate of drug-likeness (QED) is 0.509. The lowest BCUT2D eigenvalue weighted by Gasteiger charge is -2.44. The minimum absolute atomic E-state index is 0.133. The van der Waals surface area contributed by atoms with Gasteiger partial charge in [-0.3, -0.25) is 4.90 Å². The van der Waals surface area contributed by atoms with E-state index in [1.54, 1.807) is 0 Å². The number of carbonyl (C=O) groups excluding carboxylic acids is 1. The number of fused-ring (bicyclic) bond motifs is 2. The van der Waals surface area contributed by atoms with E-state index in [9.17, 15) is 4.79 Å². The van der Waals surface area contributed by atoms with Crippen molar-refractivity contribution in [2.75, 3.05) is 0 Å². The van der Waals surface area contributed by atoms with Crippen molar-refractivity contribution in [1.29, 1.82) is 0 Å². The maximum absolute atomic E-state index is 13.0. The Balaban J connectivity index is 1.30. The molecule has 0 spiro atoms. The minimum atomic E-state index is -0.172. The fourth-order valence-corrected chi connectivity index (χ4v) is 5.83. The highest BCUT2D eigenvalue weighted by Crippen LogP contribution is 2.41. The standard InChI is InChI=1S/C28H27NO2/c30-28(31-18-19-6-2-1-3-7-19)29-23-9-5-10-24(29)17-22(16-23)25-15-14-21-13-12-20-8-4-11-26(25)27(20)21/h1-4,6-8,11,14-16,23-24H,5,9-10,12-13,17-18H2. The van der Waals surface area contributed by atoms with Crippen LogP contribution in [0.25, 0.3) is 16.3 Å². The van der Waals surface area contributed by atoms with Crippen LogP contribution in [0.3, 0.4) is 0 Å². The lowest BCUT2D eigenvalue weighted by Crippen LogP contribution is -2.51. The predicted molar refractivity (Wildman–Crippen MR) is 124 cm³/mol. The Morgan fingerprint density at radius 2 is 1.77 bits per heavy atom. The Labute approximate surface area is 183 Å². The molecule has 1 aliphatic carbocycles. The van der Waals surface area contributed by atoms with Gasteiger partial charge in [0.25, 0.3) is 0 Å². The molecule has 1 amide bonds. The fourth-order valence-electron chi connectivity index (χ4n) is 5.83. The van der Waals surface area contributed by atoms with Gasteiger partial charge < -0.3 is 4.74 Å². The first kappa shape index (κ1) is 18.7. The molecule has 2 unspecified atom stereocenters. The van der Waals surface area contributed by atoms with Crippen LogP contribution in [0.15, 0.2) is 66.7 Å². The zero-order valence-corrected chi connectivity index (χ0v) is 17.7. The molecule has 0 radical (unpaired) electrons. The number of ether oxygens (including phenoxy) is 1. The molecule has 2 atom stereocenters. The van der Waals surface area contributed by atoms with Crippen molar-refractivity contribution in [3.63, 3.8) is 0 Å². The third-order valence-electron chi connectivity index (χ3n) is 7.28. The molecule has 0 aromatic heterocycles. The smallest absolute Gasteiger partial charge is 0.410 e. The van der Waals surface area contributed by atoms with Gasteiger partial charge in [0.2, 0.25) is 0 Å². The molecule has 1 saturated heterocycles. The Bertz CT molecular complexity index is 1170. The first-order chi connectivity index (χ1) is 15.3. The summed E-state index contributed by atoms with van der Waals surface area (Å²) in [6.45, 7) is 0.334. The van der Waals surface area contributed by atoms with E-state index >= 15 is 0 Å². The third-order valence-corrected chi connectivity index (χ3v) is 7.28. The SMILES string of the molecule is O=C(OCc1ccccc1)N1C2C=C(c3ccc4c5c(cccc35)CC4)CC1CCC2.